The number of rotatable bonds is 1. The van der Waals surface area contributed by atoms with E-state index in [-0.39, 0.29) is 6.09 Å². The normalized spacial score (nSPS) is 31.8. The summed E-state index contributed by atoms with van der Waals surface area (Å²) in [4.78, 5) is 14.3. The highest BCUT2D eigenvalue weighted by Gasteiger charge is 2.41. The van der Waals surface area contributed by atoms with E-state index in [9.17, 15) is 4.79 Å². The van der Waals surface area contributed by atoms with Gasteiger partial charge in [-0.1, -0.05) is 12.8 Å². The zero-order valence-electron chi connectivity index (χ0n) is 12.5. The van der Waals surface area contributed by atoms with Crippen LogP contribution in [0.5, 0.6) is 0 Å². The molecule has 1 saturated carbocycles. The Morgan fingerprint density at radius 2 is 1.95 bits per heavy atom. The van der Waals surface area contributed by atoms with E-state index in [4.69, 9.17) is 10.5 Å². The van der Waals surface area contributed by atoms with Gasteiger partial charge < -0.3 is 15.4 Å². The maximum Gasteiger partial charge on any atom is 0.410 e. The molecule has 3 unspecified atom stereocenters. The fourth-order valence-electron chi connectivity index (χ4n) is 3.60. The number of nitrogens with zero attached hydrogens (tertiary/aromatic N) is 1. The Labute approximate surface area is 116 Å². The average molecular weight is 268 g/mol. The number of amides is 1. The van der Waals surface area contributed by atoms with Crippen LogP contribution >= 0.6 is 0 Å². The van der Waals surface area contributed by atoms with Gasteiger partial charge in [-0.3, -0.25) is 0 Å². The lowest BCUT2D eigenvalue weighted by molar-refractivity contribution is -0.0200. The van der Waals surface area contributed by atoms with Gasteiger partial charge in [0.05, 0.1) is 0 Å². The van der Waals surface area contributed by atoms with Gasteiger partial charge in [0.15, 0.2) is 0 Å². The second-order valence-electron chi connectivity index (χ2n) is 6.97. The van der Waals surface area contributed by atoms with E-state index in [0.29, 0.717) is 17.9 Å². The molecule has 4 heteroatoms. The molecule has 4 nitrogen and oxygen atoms in total. The Morgan fingerprint density at radius 1 is 1.26 bits per heavy atom. The molecule has 0 aromatic rings. The van der Waals surface area contributed by atoms with Crippen LogP contribution in [-0.4, -0.2) is 35.7 Å². The quantitative estimate of drug-likeness (QED) is 0.795. The van der Waals surface area contributed by atoms with Gasteiger partial charge in [-0.25, -0.2) is 4.79 Å². The predicted molar refractivity (Wildman–Crippen MR) is 75.8 cm³/mol. The lowest BCUT2D eigenvalue weighted by atomic mass is 9.72. The number of fused-ring (bicyclic) bond motifs is 1. The molecule has 1 heterocycles. The molecule has 0 aromatic heterocycles. The molecule has 2 N–H and O–H groups in total. The highest BCUT2D eigenvalue weighted by atomic mass is 16.6. The summed E-state index contributed by atoms with van der Waals surface area (Å²) in [5, 5.41) is 0. The Morgan fingerprint density at radius 3 is 2.58 bits per heavy atom. The SMILES string of the molecule is CC(C)(C)OC(=O)N1CCC(CN)C2CCCCC21. The van der Waals surface area contributed by atoms with E-state index in [1.54, 1.807) is 0 Å². The zero-order chi connectivity index (χ0) is 14.0. The molecule has 0 radical (unpaired) electrons. The summed E-state index contributed by atoms with van der Waals surface area (Å²) in [6.45, 7) is 7.34. The fraction of sp³-hybridized carbons (Fsp3) is 0.933. The number of hydrogen-bond acceptors (Lipinski definition) is 3. The number of nitrogens with two attached hydrogens (primary N) is 1. The van der Waals surface area contributed by atoms with E-state index < -0.39 is 5.60 Å². The number of carbonyl (C=O) groups excluding carboxylic acids is 1. The lowest BCUT2D eigenvalue weighted by Gasteiger charge is -2.47. The molecule has 19 heavy (non-hydrogen) atoms. The molecule has 2 rings (SSSR count). The van der Waals surface area contributed by atoms with Crippen LogP contribution in [0, 0.1) is 11.8 Å². The number of likely N-dealkylation sites (tertiary alicyclic amines) is 1. The van der Waals surface area contributed by atoms with E-state index in [2.05, 4.69) is 0 Å². The fourth-order valence-corrected chi connectivity index (χ4v) is 3.60. The third kappa shape index (κ3) is 3.41. The van der Waals surface area contributed by atoms with Gasteiger partial charge in [0.1, 0.15) is 5.60 Å². The van der Waals surface area contributed by atoms with Gasteiger partial charge in [0.2, 0.25) is 0 Å². The van der Waals surface area contributed by atoms with Crippen molar-refractivity contribution in [2.75, 3.05) is 13.1 Å². The van der Waals surface area contributed by atoms with Crippen LogP contribution < -0.4 is 5.73 Å². The number of piperidine rings is 1. The monoisotopic (exact) mass is 268 g/mol. The third-order valence-electron chi connectivity index (χ3n) is 4.46. The van der Waals surface area contributed by atoms with E-state index in [1.165, 1.54) is 19.3 Å². The molecule has 1 amide bonds. The first-order chi connectivity index (χ1) is 8.92. The van der Waals surface area contributed by atoms with Crippen LogP contribution in [0.3, 0.4) is 0 Å². The number of hydrogen-bond donors (Lipinski definition) is 1. The van der Waals surface area contributed by atoms with Crippen LogP contribution in [0.1, 0.15) is 52.9 Å². The average Bonchev–Trinajstić information content (AvgIpc) is 2.35. The van der Waals surface area contributed by atoms with E-state index >= 15 is 0 Å². The van der Waals surface area contributed by atoms with Gasteiger partial charge >= 0.3 is 6.09 Å². The van der Waals surface area contributed by atoms with Crippen molar-refractivity contribution in [3.8, 4) is 0 Å². The van der Waals surface area contributed by atoms with Crippen LogP contribution in [0.2, 0.25) is 0 Å². The summed E-state index contributed by atoms with van der Waals surface area (Å²) in [6.07, 6.45) is 5.71. The van der Waals surface area contributed by atoms with Gasteiger partial charge in [-0.2, -0.15) is 0 Å². The first kappa shape index (κ1) is 14.6. The van der Waals surface area contributed by atoms with E-state index in [0.717, 1.165) is 25.9 Å². The Kier molecular flexibility index (Phi) is 4.39. The second kappa shape index (κ2) is 5.70. The first-order valence-corrected chi connectivity index (χ1v) is 7.62. The zero-order valence-corrected chi connectivity index (χ0v) is 12.5. The standard InChI is InChI=1S/C15H28N2O2/c1-15(2,3)19-14(18)17-9-8-11(10-16)12-6-4-5-7-13(12)17/h11-13H,4-10,16H2,1-3H3. The highest BCUT2D eigenvalue weighted by molar-refractivity contribution is 5.68. The summed E-state index contributed by atoms with van der Waals surface area (Å²) >= 11 is 0. The smallest absolute Gasteiger partial charge is 0.410 e. The van der Waals surface area contributed by atoms with Gasteiger partial charge in [0.25, 0.3) is 0 Å². The maximum atomic E-state index is 12.3. The van der Waals surface area contributed by atoms with Crippen LogP contribution in [0.4, 0.5) is 4.79 Å². The Bertz CT molecular complexity index is 325. The minimum Gasteiger partial charge on any atom is -0.444 e. The van der Waals surface area contributed by atoms with Gasteiger partial charge in [-0.15, -0.1) is 0 Å². The predicted octanol–water partition coefficient (Wildman–Crippen LogP) is 2.76. The number of carbonyl (C=O) groups is 1. The third-order valence-corrected chi connectivity index (χ3v) is 4.46. The van der Waals surface area contributed by atoms with Crippen LogP contribution in [0.15, 0.2) is 0 Å². The van der Waals surface area contributed by atoms with Gasteiger partial charge in [0, 0.05) is 12.6 Å². The van der Waals surface area contributed by atoms with Crippen LogP contribution in [-0.2, 0) is 4.74 Å². The van der Waals surface area contributed by atoms with Crippen molar-refractivity contribution >= 4 is 6.09 Å². The molecule has 1 aliphatic carbocycles. The molecule has 3 atom stereocenters. The maximum absolute atomic E-state index is 12.3. The molecule has 1 saturated heterocycles. The van der Waals surface area contributed by atoms with Crippen molar-refractivity contribution in [3.63, 3.8) is 0 Å². The lowest BCUT2D eigenvalue weighted by Crippen LogP contribution is -2.55. The summed E-state index contributed by atoms with van der Waals surface area (Å²) in [6, 6.07) is 0.353. The topological polar surface area (TPSA) is 55.6 Å². The largest absolute Gasteiger partial charge is 0.444 e. The molecule has 0 spiro atoms. The minimum absolute atomic E-state index is 0.139. The summed E-state index contributed by atoms with van der Waals surface area (Å²) in [5.74, 6) is 1.17. The molecule has 110 valence electrons. The molecule has 2 fully saturated rings. The summed E-state index contributed by atoms with van der Waals surface area (Å²) in [7, 11) is 0. The molecular formula is C15H28N2O2. The molecule has 2 aliphatic rings. The number of ether oxygens (including phenoxy) is 1. The van der Waals surface area contributed by atoms with Crippen molar-refractivity contribution in [2.24, 2.45) is 17.6 Å². The van der Waals surface area contributed by atoms with E-state index in [1.807, 2.05) is 25.7 Å². The van der Waals surface area contributed by atoms with Crippen molar-refractivity contribution in [3.05, 3.63) is 0 Å². The molecule has 0 aromatic carbocycles. The summed E-state index contributed by atoms with van der Waals surface area (Å²) < 4.78 is 5.55. The first-order valence-electron chi connectivity index (χ1n) is 7.62. The highest BCUT2D eigenvalue weighted by Crippen LogP contribution is 2.39. The molecule has 1 aliphatic heterocycles. The van der Waals surface area contributed by atoms with Gasteiger partial charge in [-0.05, 0) is 58.4 Å². The van der Waals surface area contributed by atoms with Crippen molar-refractivity contribution < 1.29 is 9.53 Å². The molecular weight excluding hydrogens is 240 g/mol. The Hall–Kier alpha value is -0.770. The second-order valence-corrected chi connectivity index (χ2v) is 6.97. The van der Waals surface area contributed by atoms with Crippen molar-refractivity contribution in [1.82, 2.24) is 4.90 Å². The summed E-state index contributed by atoms with van der Waals surface area (Å²) in [5.41, 5.74) is 5.49. The van der Waals surface area contributed by atoms with Crippen molar-refractivity contribution in [2.45, 2.75) is 64.5 Å². The Balaban J connectivity index is 2.07. The minimum atomic E-state index is -0.411. The van der Waals surface area contributed by atoms with Crippen LogP contribution in [0.25, 0.3) is 0 Å². The van der Waals surface area contributed by atoms with Crippen molar-refractivity contribution in [1.29, 1.82) is 0 Å². The molecule has 0 bridgehead atoms.